The van der Waals surface area contributed by atoms with Crippen LogP contribution >= 0.6 is 11.6 Å². The lowest BCUT2D eigenvalue weighted by atomic mass is 9.38. The van der Waals surface area contributed by atoms with Crippen LogP contribution in [0.5, 0.6) is 0 Å². The summed E-state index contributed by atoms with van der Waals surface area (Å²) in [7, 11) is -3.48. The van der Waals surface area contributed by atoms with Gasteiger partial charge in [0, 0.05) is 29.1 Å². The molecule has 4 aliphatic carbocycles. The lowest BCUT2D eigenvalue weighted by Gasteiger charge is -2.73. The summed E-state index contributed by atoms with van der Waals surface area (Å²) in [5.74, 6) is 0.481. The fourth-order valence-corrected chi connectivity index (χ4v) is 8.38. The molecule has 2 N–H and O–H groups in total. The Labute approximate surface area is 220 Å². The molecule has 2 bridgehead atoms. The minimum absolute atomic E-state index is 0.155. The highest BCUT2D eigenvalue weighted by molar-refractivity contribution is 7.89. The first-order valence-electron chi connectivity index (χ1n) is 12.6. The smallest absolute Gasteiger partial charge is 0.366 e. The second kappa shape index (κ2) is 8.84. The molecule has 6 rings (SSSR count). The van der Waals surface area contributed by atoms with Crippen LogP contribution in [0.15, 0.2) is 29.3 Å². The lowest BCUT2D eigenvalue weighted by molar-refractivity contribution is -0.151. The Morgan fingerprint density at radius 1 is 1.19 bits per heavy atom. The van der Waals surface area contributed by atoms with Crippen LogP contribution in [0.1, 0.15) is 57.9 Å². The number of amides is 1. The fourth-order valence-electron chi connectivity index (χ4n) is 6.02. The van der Waals surface area contributed by atoms with Crippen molar-refractivity contribution in [2.75, 3.05) is 12.3 Å². The van der Waals surface area contributed by atoms with Crippen molar-refractivity contribution >= 4 is 33.4 Å². The van der Waals surface area contributed by atoms with Crippen LogP contribution in [-0.2, 0) is 21.4 Å². The van der Waals surface area contributed by atoms with Crippen molar-refractivity contribution in [3.63, 3.8) is 0 Å². The second-order valence-corrected chi connectivity index (χ2v) is 14.1. The average molecular weight is 561 g/mol. The molecule has 0 radical (unpaired) electrons. The molecule has 1 aromatic carbocycles. The van der Waals surface area contributed by atoms with Gasteiger partial charge in [0.15, 0.2) is 6.04 Å². The Balaban J connectivity index is 1.30. The van der Waals surface area contributed by atoms with Crippen LogP contribution in [0.2, 0.25) is 5.02 Å². The van der Waals surface area contributed by atoms with Crippen molar-refractivity contribution in [2.24, 2.45) is 16.3 Å². The minimum atomic E-state index is -4.34. The molecule has 204 valence electrons. The van der Waals surface area contributed by atoms with Gasteiger partial charge in [0.05, 0.1) is 17.7 Å². The monoisotopic (exact) mass is 560 g/mol. The number of nitrogens with zero attached hydrogens (tertiary/aromatic N) is 2. The zero-order chi connectivity index (χ0) is 26.9. The Morgan fingerprint density at radius 2 is 1.81 bits per heavy atom. The predicted octanol–water partition coefficient (Wildman–Crippen LogP) is 4.02. The van der Waals surface area contributed by atoms with Crippen molar-refractivity contribution in [1.82, 2.24) is 14.9 Å². The number of nitrogens with one attached hydrogen (secondary N) is 2. The summed E-state index contributed by atoms with van der Waals surface area (Å²) < 4.78 is 66.1. The maximum absolute atomic E-state index is 13.5. The zero-order valence-electron chi connectivity index (χ0n) is 20.9. The van der Waals surface area contributed by atoms with Crippen molar-refractivity contribution in [2.45, 2.75) is 82.2 Å². The van der Waals surface area contributed by atoms with Gasteiger partial charge in [-0.05, 0) is 69.6 Å². The number of hydrogen-bond donors (Lipinski definition) is 2. The standard InChI is InChI=1S/C25H32ClF3N4O3S/c1-22(2)19(20(34)30-10-9-25(27,28)29)31-21(32-22)23-13-24(14-23,15-23)33(37(35,36)12-17-3-4-17)11-16-5-7-18(26)8-6-16/h5-8,17,19H,3-4,9-15H2,1-2H3,(H,30,34)(H,31,32)/t19-,23?,24?/m0/s1. The van der Waals surface area contributed by atoms with Crippen LogP contribution in [0.25, 0.3) is 0 Å². The third-order valence-electron chi connectivity index (χ3n) is 8.09. The molecule has 1 atom stereocenters. The number of sulfonamides is 1. The van der Waals surface area contributed by atoms with E-state index in [-0.39, 0.29) is 23.6 Å². The van der Waals surface area contributed by atoms with Crippen molar-refractivity contribution in [1.29, 1.82) is 0 Å². The van der Waals surface area contributed by atoms with E-state index < -0.39 is 52.2 Å². The molecular weight excluding hydrogens is 529 g/mol. The molecule has 5 aliphatic rings. The molecule has 4 fully saturated rings. The molecule has 1 amide bonds. The second-order valence-electron chi connectivity index (χ2n) is 11.8. The molecular formula is C25H32ClF3N4O3S. The van der Waals surface area contributed by atoms with Gasteiger partial charge in [0.1, 0.15) is 5.84 Å². The topological polar surface area (TPSA) is 90.9 Å². The summed E-state index contributed by atoms with van der Waals surface area (Å²) in [6, 6.07) is 6.34. The zero-order valence-corrected chi connectivity index (χ0v) is 22.4. The summed E-state index contributed by atoms with van der Waals surface area (Å²) in [5, 5.41) is 6.27. The summed E-state index contributed by atoms with van der Waals surface area (Å²) in [4.78, 5) is 17.3. The lowest BCUT2D eigenvalue weighted by Crippen LogP contribution is -2.78. The van der Waals surface area contributed by atoms with E-state index in [9.17, 15) is 26.4 Å². The maximum atomic E-state index is 13.5. The molecule has 1 aliphatic heterocycles. The Kier molecular flexibility index (Phi) is 6.39. The van der Waals surface area contributed by atoms with Gasteiger partial charge >= 0.3 is 6.18 Å². The molecule has 1 heterocycles. The maximum Gasteiger partial charge on any atom is 0.390 e. The van der Waals surface area contributed by atoms with Crippen LogP contribution in [-0.4, -0.2) is 60.1 Å². The number of alkyl halides is 3. The van der Waals surface area contributed by atoms with Gasteiger partial charge in [0.25, 0.3) is 0 Å². The summed E-state index contributed by atoms with van der Waals surface area (Å²) in [6.45, 7) is 3.38. The van der Waals surface area contributed by atoms with Gasteiger partial charge in [-0.25, -0.2) is 8.42 Å². The number of hydrogen-bond acceptors (Lipinski definition) is 5. The van der Waals surface area contributed by atoms with Crippen molar-refractivity contribution in [3.8, 4) is 0 Å². The number of carbonyl (C=O) groups excluding carboxylic acids is 1. The van der Waals surface area contributed by atoms with E-state index in [1.165, 1.54) is 0 Å². The molecule has 0 spiro atoms. The molecule has 1 aromatic rings. The molecule has 7 nitrogen and oxygen atoms in total. The number of amidine groups is 1. The van der Waals surface area contributed by atoms with Gasteiger partial charge in [-0.2, -0.15) is 17.5 Å². The average Bonchev–Trinajstić information content (AvgIpc) is 3.46. The van der Waals surface area contributed by atoms with Gasteiger partial charge in [0.2, 0.25) is 15.9 Å². The van der Waals surface area contributed by atoms with E-state index in [0.29, 0.717) is 30.1 Å². The van der Waals surface area contributed by atoms with Crippen LogP contribution in [0, 0.1) is 11.3 Å². The van der Waals surface area contributed by atoms with E-state index in [2.05, 4.69) is 15.6 Å². The van der Waals surface area contributed by atoms with E-state index in [1.54, 1.807) is 30.3 Å². The van der Waals surface area contributed by atoms with Crippen molar-refractivity contribution < 1.29 is 26.4 Å². The van der Waals surface area contributed by atoms with E-state index in [0.717, 1.165) is 18.4 Å². The summed E-state index contributed by atoms with van der Waals surface area (Å²) in [6.07, 6.45) is -1.77. The molecule has 0 aromatic heterocycles. The quantitative estimate of drug-likeness (QED) is 0.452. The number of benzene rings is 1. The van der Waals surface area contributed by atoms with E-state index in [1.807, 2.05) is 12.1 Å². The van der Waals surface area contributed by atoms with E-state index >= 15 is 0 Å². The van der Waals surface area contributed by atoms with Gasteiger partial charge < -0.3 is 10.6 Å². The molecule has 12 heteroatoms. The Morgan fingerprint density at radius 3 is 2.38 bits per heavy atom. The van der Waals surface area contributed by atoms with Gasteiger partial charge in [-0.3, -0.25) is 9.79 Å². The highest BCUT2D eigenvalue weighted by Gasteiger charge is 2.75. The predicted molar refractivity (Wildman–Crippen MR) is 135 cm³/mol. The van der Waals surface area contributed by atoms with Crippen LogP contribution in [0.3, 0.4) is 0 Å². The van der Waals surface area contributed by atoms with Crippen LogP contribution in [0.4, 0.5) is 13.2 Å². The first-order chi connectivity index (χ1) is 17.1. The first-order valence-corrected chi connectivity index (χ1v) is 14.6. The third kappa shape index (κ3) is 5.23. The number of aliphatic imine (C=N–C) groups is 1. The number of carbonyl (C=O) groups is 1. The minimum Gasteiger partial charge on any atom is -0.366 e. The van der Waals surface area contributed by atoms with Gasteiger partial charge in [-0.15, -0.1) is 0 Å². The van der Waals surface area contributed by atoms with Crippen LogP contribution < -0.4 is 10.6 Å². The highest BCUT2D eigenvalue weighted by Crippen LogP contribution is 2.71. The number of rotatable bonds is 10. The summed E-state index contributed by atoms with van der Waals surface area (Å²) in [5.41, 5.74) is -0.725. The Bertz CT molecular complexity index is 1190. The summed E-state index contributed by atoms with van der Waals surface area (Å²) >= 11 is 6.02. The largest absolute Gasteiger partial charge is 0.390 e. The molecule has 37 heavy (non-hydrogen) atoms. The molecule has 0 unspecified atom stereocenters. The molecule has 0 saturated heterocycles. The van der Waals surface area contributed by atoms with Gasteiger partial charge in [-0.1, -0.05) is 23.7 Å². The van der Waals surface area contributed by atoms with E-state index in [4.69, 9.17) is 11.6 Å². The van der Waals surface area contributed by atoms with Crippen molar-refractivity contribution in [3.05, 3.63) is 34.9 Å². The number of halogens is 4. The Hall–Kier alpha value is -1.85. The normalized spacial score (nSPS) is 30.2. The highest BCUT2D eigenvalue weighted by atomic mass is 35.5. The fraction of sp³-hybridized carbons (Fsp3) is 0.680. The third-order valence-corrected chi connectivity index (χ3v) is 10.4. The molecule has 4 saturated carbocycles. The SMILES string of the molecule is CC1(C)NC(C23CC(N(Cc4ccc(Cl)cc4)S(=O)(=O)CC4CC4)(C2)C3)=N[C@H]1C(=O)NCCC(F)(F)F. The first kappa shape index (κ1) is 26.7.